The van der Waals surface area contributed by atoms with Gasteiger partial charge in [0.25, 0.3) is 0 Å². The van der Waals surface area contributed by atoms with Crippen LogP contribution in [0.5, 0.6) is 5.75 Å². The lowest BCUT2D eigenvalue weighted by Crippen LogP contribution is -2.26. The van der Waals surface area contributed by atoms with Crippen molar-refractivity contribution in [3.05, 3.63) is 29.8 Å². The zero-order valence-corrected chi connectivity index (χ0v) is 18.6. The molecule has 2 aliphatic rings. The summed E-state index contributed by atoms with van der Waals surface area (Å²) in [6.45, 7) is 5.31. The van der Waals surface area contributed by atoms with E-state index in [4.69, 9.17) is 4.74 Å². The largest absolute Gasteiger partial charge is 0.494 e. The van der Waals surface area contributed by atoms with E-state index in [2.05, 4.69) is 38.1 Å². The van der Waals surface area contributed by atoms with E-state index in [-0.39, 0.29) is 0 Å². The maximum Gasteiger partial charge on any atom is 0.119 e. The van der Waals surface area contributed by atoms with Gasteiger partial charge in [-0.25, -0.2) is 0 Å². The van der Waals surface area contributed by atoms with Crippen molar-refractivity contribution in [1.82, 2.24) is 0 Å². The van der Waals surface area contributed by atoms with Crippen LogP contribution in [-0.2, 0) is 6.42 Å². The Bertz CT molecular complexity index is 518. The first-order valence-electron chi connectivity index (χ1n) is 12.5. The van der Waals surface area contributed by atoms with Crippen molar-refractivity contribution in [2.75, 3.05) is 6.61 Å². The molecule has 3 rings (SSSR count). The first-order valence-corrected chi connectivity index (χ1v) is 12.5. The molecule has 1 aromatic carbocycles. The Hall–Kier alpha value is -0.980. The summed E-state index contributed by atoms with van der Waals surface area (Å²) >= 11 is 0. The second-order valence-electron chi connectivity index (χ2n) is 9.73. The molecule has 1 nitrogen and oxygen atoms in total. The van der Waals surface area contributed by atoms with Gasteiger partial charge in [0.05, 0.1) is 6.61 Å². The van der Waals surface area contributed by atoms with Gasteiger partial charge >= 0.3 is 0 Å². The fourth-order valence-corrected chi connectivity index (χ4v) is 5.73. The molecule has 0 amide bonds. The van der Waals surface area contributed by atoms with Gasteiger partial charge in [0, 0.05) is 0 Å². The van der Waals surface area contributed by atoms with Gasteiger partial charge in [-0.2, -0.15) is 0 Å². The van der Waals surface area contributed by atoms with Crippen LogP contribution in [0.4, 0.5) is 0 Å². The van der Waals surface area contributed by atoms with Crippen LogP contribution < -0.4 is 4.74 Å². The van der Waals surface area contributed by atoms with Crippen LogP contribution in [-0.4, -0.2) is 6.61 Å². The third kappa shape index (κ3) is 6.82. The van der Waals surface area contributed by atoms with Gasteiger partial charge in [-0.05, 0) is 86.3 Å². The minimum absolute atomic E-state index is 0.822. The summed E-state index contributed by atoms with van der Waals surface area (Å²) in [5.74, 6) is 5.17. The maximum atomic E-state index is 5.70. The molecule has 0 saturated heterocycles. The smallest absolute Gasteiger partial charge is 0.119 e. The predicted octanol–water partition coefficient (Wildman–Crippen LogP) is 8.21. The Morgan fingerprint density at radius 3 is 1.82 bits per heavy atom. The van der Waals surface area contributed by atoms with Crippen molar-refractivity contribution >= 4 is 0 Å². The SMILES string of the molecule is CCCCC1CCC(C2CCC(CCc3ccc(OCCC)cc3)CC2)CC1. The Morgan fingerprint density at radius 2 is 1.29 bits per heavy atom. The minimum Gasteiger partial charge on any atom is -0.494 e. The molecular formula is C27H44O. The molecule has 0 heterocycles. The standard InChI is InChI=1S/C27H44O/c1-3-5-6-22-9-15-25(16-10-22)26-17-11-23(12-18-26)7-8-24-13-19-27(20-14-24)28-21-4-2/h13-14,19-20,22-23,25-26H,3-12,15-18,21H2,1-2H3. The van der Waals surface area contributed by atoms with Gasteiger partial charge in [-0.1, -0.05) is 70.9 Å². The fraction of sp³-hybridized carbons (Fsp3) is 0.778. The highest BCUT2D eigenvalue weighted by atomic mass is 16.5. The Kier molecular flexibility index (Phi) is 9.22. The van der Waals surface area contributed by atoms with E-state index in [1.165, 1.54) is 89.0 Å². The minimum atomic E-state index is 0.822. The van der Waals surface area contributed by atoms with E-state index >= 15 is 0 Å². The maximum absolute atomic E-state index is 5.70. The summed E-state index contributed by atoms with van der Waals surface area (Å²) in [6, 6.07) is 8.85. The number of rotatable bonds is 10. The van der Waals surface area contributed by atoms with Crippen molar-refractivity contribution in [3.8, 4) is 5.75 Å². The van der Waals surface area contributed by atoms with Crippen molar-refractivity contribution in [2.24, 2.45) is 23.7 Å². The van der Waals surface area contributed by atoms with Crippen LogP contribution in [0.1, 0.15) is 103 Å². The number of benzene rings is 1. The zero-order valence-electron chi connectivity index (χ0n) is 18.6. The number of aryl methyl sites for hydroxylation is 1. The summed E-state index contributed by atoms with van der Waals surface area (Å²) in [6.07, 6.45) is 20.2. The lowest BCUT2D eigenvalue weighted by atomic mass is 9.68. The van der Waals surface area contributed by atoms with Crippen molar-refractivity contribution in [2.45, 2.75) is 104 Å². The lowest BCUT2D eigenvalue weighted by Gasteiger charge is -2.38. The molecule has 0 spiro atoms. The average molecular weight is 385 g/mol. The quantitative estimate of drug-likeness (QED) is 0.395. The molecule has 28 heavy (non-hydrogen) atoms. The summed E-state index contributed by atoms with van der Waals surface area (Å²) < 4.78 is 5.70. The molecule has 0 aromatic heterocycles. The van der Waals surface area contributed by atoms with Crippen LogP contribution in [0.15, 0.2) is 24.3 Å². The van der Waals surface area contributed by atoms with E-state index in [9.17, 15) is 0 Å². The first-order chi connectivity index (χ1) is 13.8. The molecule has 0 N–H and O–H groups in total. The molecule has 0 unspecified atom stereocenters. The Balaban J connectivity index is 1.32. The summed E-state index contributed by atoms with van der Waals surface area (Å²) in [7, 11) is 0. The Labute approximate surface area is 174 Å². The van der Waals surface area contributed by atoms with E-state index in [0.29, 0.717) is 0 Å². The molecule has 0 radical (unpaired) electrons. The molecule has 2 fully saturated rings. The average Bonchev–Trinajstić information content (AvgIpc) is 2.76. The van der Waals surface area contributed by atoms with Gasteiger partial charge in [0.1, 0.15) is 5.75 Å². The normalized spacial score (nSPS) is 28.2. The van der Waals surface area contributed by atoms with E-state index in [0.717, 1.165) is 42.4 Å². The molecule has 1 aromatic rings. The van der Waals surface area contributed by atoms with Gasteiger partial charge in [-0.3, -0.25) is 0 Å². The second-order valence-corrected chi connectivity index (χ2v) is 9.73. The number of unbranched alkanes of at least 4 members (excludes halogenated alkanes) is 1. The topological polar surface area (TPSA) is 9.23 Å². The monoisotopic (exact) mass is 384 g/mol. The van der Waals surface area contributed by atoms with Crippen molar-refractivity contribution in [1.29, 1.82) is 0 Å². The van der Waals surface area contributed by atoms with E-state index < -0.39 is 0 Å². The van der Waals surface area contributed by atoms with Crippen LogP contribution in [0.25, 0.3) is 0 Å². The molecular weight excluding hydrogens is 340 g/mol. The third-order valence-corrected chi connectivity index (χ3v) is 7.65. The third-order valence-electron chi connectivity index (χ3n) is 7.65. The second kappa shape index (κ2) is 11.9. The van der Waals surface area contributed by atoms with Gasteiger partial charge in [0.15, 0.2) is 0 Å². The molecule has 2 aliphatic carbocycles. The van der Waals surface area contributed by atoms with Crippen LogP contribution >= 0.6 is 0 Å². The van der Waals surface area contributed by atoms with E-state index in [1.54, 1.807) is 0 Å². The first kappa shape index (κ1) is 21.7. The lowest BCUT2D eigenvalue weighted by molar-refractivity contribution is 0.140. The van der Waals surface area contributed by atoms with Gasteiger partial charge < -0.3 is 4.74 Å². The highest BCUT2D eigenvalue weighted by molar-refractivity contribution is 5.27. The van der Waals surface area contributed by atoms with Crippen molar-refractivity contribution in [3.63, 3.8) is 0 Å². The summed E-state index contributed by atoms with van der Waals surface area (Å²) in [5, 5.41) is 0. The fourth-order valence-electron chi connectivity index (χ4n) is 5.73. The number of hydrogen-bond donors (Lipinski definition) is 0. The highest BCUT2D eigenvalue weighted by Crippen LogP contribution is 2.43. The van der Waals surface area contributed by atoms with Crippen LogP contribution in [0.3, 0.4) is 0 Å². The van der Waals surface area contributed by atoms with Crippen molar-refractivity contribution < 1.29 is 4.74 Å². The molecule has 1 heteroatoms. The van der Waals surface area contributed by atoms with Crippen LogP contribution in [0.2, 0.25) is 0 Å². The summed E-state index contributed by atoms with van der Waals surface area (Å²) in [4.78, 5) is 0. The van der Waals surface area contributed by atoms with Crippen LogP contribution in [0, 0.1) is 23.7 Å². The molecule has 0 aliphatic heterocycles. The highest BCUT2D eigenvalue weighted by Gasteiger charge is 2.30. The Morgan fingerprint density at radius 1 is 0.714 bits per heavy atom. The molecule has 0 atom stereocenters. The van der Waals surface area contributed by atoms with Gasteiger partial charge in [-0.15, -0.1) is 0 Å². The van der Waals surface area contributed by atoms with Gasteiger partial charge in [0.2, 0.25) is 0 Å². The molecule has 158 valence electrons. The molecule has 0 bridgehead atoms. The predicted molar refractivity (Wildman–Crippen MR) is 121 cm³/mol. The number of hydrogen-bond acceptors (Lipinski definition) is 1. The summed E-state index contributed by atoms with van der Waals surface area (Å²) in [5.41, 5.74) is 1.48. The number of ether oxygens (including phenoxy) is 1. The molecule has 2 saturated carbocycles. The zero-order chi connectivity index (χ0) is 19.6. The van der Waals surface area contributed by atoms with E-state index in [1.807, 2.05) is 0 Å².